The number of carbonyl (C=O) groups excluding carboxylic acids is 1. The molecule has 0 bridgehead atoms. The summed E-state index contributed by atoms with van der Waals surface area (Å²) in [6, 6.07) is 8.03. The van der Waals surface area contributed by atoms with Gasteiger partial charge < -0.3 is 15.2 Å². The SMILES string of the molecule is CC1CC(NC(=O)CCCc2nc(-c3ccc(Cl)cc3)no2)CCN1.Cl. The van der Waals surface area contributed by atoms with Crippen LogP contribution in [0.1, 0.15) is 38.5 Å². The molecule has 0 spiro atoms. The number of aryl methyl sites for hydroxylation is 1. The minimum absolute atomic E-state index is 0. The van der Waals surface area contributed by atoms with E-state index in [1.54, 1.807) is 12.1 Å². The number of halogens is 2. The number of piperidine rings is 1. The largest absolute Gasteiger partial charge is 0.353 e. The Morgan fingerprint density at radius 2 is 2.15 bits per heavy atom. The lowest BCUT2D eigenvalue weighted by atomic mass is 10.0. The van der Waals surface area contributed by atoms with Crippen molar-refractivity contribution in [2.45, 2.75) is 51.1 Å². The number of benzene rings is 1. The summed E-state index contributed by atoms with van der Waals surface area (Å²) in [4.78, 5) is 16.4. The minimum Gasteiger partial charge on any atom is -0.353 e. The van der Waals surface area contributed by atoms with E-state index in [0.717, 1.165) is 24.9 Å². The number of hydrogen-bond acceptors (Lipinski definition) is 5. The molecule has 0 saturated carbocycles. The summed E-state index contributed by atoms with van der Waals surface area (Å²) in [5.74, 6) is 1.18. The van der Waals surface area contributed by atoms with Crippen molar-refractivity contribution in [2.75, 3.05) is 6.54 Å². The van der Waals surface area contributed by atoms with Gasteiger partial charge in [0.15, 0.2) is 0 Å². The summed E-state index contributed by atoms with van der Waals surface area (Å²) in [6.45, 7) is 3.10. The molecule has 2 aromatic rings. The normalized spacial score (nSPS) is 19.6. The molecule has 1 aromatic heterocycles. The minimum atomic E-state index is 0. The van der Waals surface area contributed by atoms with Crippen LogP contribution in [0.5, 0.6) is 0 Å². The monoisotopic (exact) mass is 398 g/mol. The Labute approximate surface area is 164 Å². The van der Waals surface area contributed by atoms with E-state index in [0.29, 0.717) is 42.0 Å². The van der Waals surface area contributed by atoms with Gasteiger partial charge >= 0.3 is 0 Å². The van der Waals surface area contributed by atoms with Gasteiger partial charge in [-0.2, -0.15) is 4.98 Å². The molecule has 2 atom stereocenters. The van der Waals surface area contributed by atoms with Crippen LogP contribution >= 0.6 is 24.0 Å². The van der Waals surface area contributed by atoms with E-state index in [4.69, 9.17) is 16.1 Å². The van der Waals surface area contributed by atoms with Crippen molar-refractivity contribution in [1.29, 1.82) is 0 Å². The Morgan fingerprint density at radius 3 is 2.88 bits per heavy atom. The third kappa shape index (κ3) is 5.97. The van der Waals surface area contributed by atoms with Crippen molar-refractivity contribution in [1.82, 2.24) is 20.8 Å². The molecule has 1 saturated heterocycles. The molecule has 2 N–H and O–H groups in total. The average Bonchev–Trinajstić information content (AvgIpc) is 3.04. The van der Waals surface area contributed by atoms with E-state index >= 15 is 0 Å². The molecule has 142 valence electrons. The Bertz CT molecular complexity index is 705. The van der Waals surface area contributed by atoms with Crippen LogP contribution in [0.15, 0.2) is 28.8 Å². The molecule has 2 heterocycles. The molecule has 1 fully saturated rings. The van der Waals surface area contributed by atoms with E-state index in [2.05, 4.69) is 27.7 Å². The van der Waals surface area contributed by atoms with E-state index in [-0.39, 0.29) is 24.4 Å². The van der Waals surface area contributed by atoms with Gasteiger partial charge in [-0.05, 0) is 57.0 Å². The van der Waals surface area contributed by atoms with Crippen LogP contribution in [-0.2, 0) is 11.2 Å². The van der Waals surface area contributed by atoms with Gasteiger partial charge in [0.1, 0.15) is 0 Å². The zero-order valence-electron chi connectivity index (χ0n) is 14.7. The second-order valence-electron chi connectivity index (χ2n) is 6.52. The van der Waals surface area contributed by atoms with Crippen molar-refractivity contribution in [3.8, 4) is 11.4 Å². The second kappa shape index (κ2) is 9.90. The second-order valence-corrected chi connectivity index (χ2v) is 6.95. The highest BCUT2D eigenvalue weighted by Crippen LogP contribution is 2.19. The highest BCUT2D eigenvalue weighted by Gasteiger charge is 2.19. The summed E-state index contributed by atoms with van der Waals surface area (Å²) in [7, 11) is 0. The number of carbonyl (C=O) groups is 1. The lowest BCUT2D eigenvalue weighted by Gasteiger charge is -2.28. The van der Waals surface area contributed by atoms with Crippen LogP contribution in [-0.4, -0.2) is 34.7 Å². The molecule has 1 aromatic carbocycles. The fourth-order valence-corrected chi connectivity index (χ4v) is 3.16. The zero-order chi connectivity index (χ0) is 17.6. The fraction of sp³-hybridized carbons (Fsp3) is 0.500. The molecule has 0 aliphatic carbocycles. The predicted molar refractivity (Wildman–Crippen MR) is 104 cm³/mol. The maximum Gasteiger partial charge on any atom is 0.226 e. The third-order valence-corrected chi connectivity index (χ3v) is 4.61. The maximum atomic E-state index is 12.1. The van der Waals surface area contributed by atoms with Crippen LogP contribution in [0.4, 0.5) is 0 Å². The van der Waals surface area contributed by atoms with E-state index in [1.807, 2.05) is 12.1 Å². The molecular weight excluding hydrogens is 375 g/mol. The standard InChI is InChI=1S/C18H23ClN4O2.ClH/c1-12-11-15(9-10-20-12)21-16(24)3-2-4-17-22-18(23-25-17)13-5-7-14(19)8-6-13;/h5-8,12,15,20H,2-4,9-11H2,1H3,(H,21,24);1H. The molecule has 8 heteroatoms. The molecule has 3 rings (SSSR count). The van der Waals surface area contributed by atoms with Gasteiger partial charge in [-0.3, -0.25) is 4.79 Å². The highest BCUT2D eigenvalue weighted by atomic mass is 35.5. The Kier molecular flexibility index (Phi) is 7.87. The van der Waals surface area contributed by atoms with Gasteiger partial charge in [0, 0.05) is 35.5 Å². The Hall–Kier alpha value is -1.63. The summed E-state index contributed by atoms with van der Waals surface area (Å²) in [5, 5.41) is 11.1. The van der Waals surface area contributed by atoms with Crippen LogP contribution in [0.25, 0.3) is 11.4 Å². The van der Waals surface area contributed by atoms with Crippen molar-refractivity contribution in [2.24, 2.45) is 0 Å². The lowest BCUT2D eigenvalue weighted by molar-refractivity contribution is -0.122. The van der Waals surface area contributed by atoms with Crippen molar-refractivity contribution in [3.05, 3.63) is 35.2 Å². The summed E-state index contributed by atoms with van der Waals surface area (Å²) < 4.78 is 5.26. The van der Waals surface area contributed by atoms with Gasteiger partial charge in [0.05, 0.1) is 0 Å². The van der Waals surface area contributed by atoms with Crippen LogP contribution in [0.3, 0.4) is 0 Å². The molecule has 1 aliphatic heterocycles. The van der Waals surface area contributed by atoms with Crippen molar-refractivity contribution in [3.63, 3.8) is 0 Å². The van der Waals surface area contributed by atoms with Crippen LogP contribution in [0, 0.1) is 0 Å². The van der Waals surface area contributed by atoms with Crippen LogP contribution < -0.4 is 10.6 Å². The number of nitrogens with one attached hydrogen (secondary N) is 2. The Morgan fingerprint density at radius 1 is 1.38 bits per heavy atom. The molecule has 6 nitrogen and oxygen atoms in total. The first-order valence-corrected chi connectivity index (χ1v) is 9.09. The molecule has 1 amide bonds. The summed E-state index contributed by atoms with van der Waals surface area (Å²) in [5.41, 5.74) is 0.858. The van der Waals surface area contributed by atoms with Crippen molar-refractivity contribution >= 4 is 29.9 Å². The average molecular weight is 399 g/mol. The first-order valence-electron chi connectivity index (χ1n) is 8.71. The van der Waals surface area contributed by atoms with Gasteiger partial charge in [-0.1, -0.05) is 16.8 Å². The molecule has 0 radical (unpaired) electrons. The highest BCUT2D eigenvalue weighted by molar-refractivity contribution is 6.30. The Balaban J connectivity index is 0.00000243. The zero-order valence-corrected chi connectivity index (χ0v) is 16.3. The van der Waals surface area contributed by atoms with Crippen molar-refractivity contribution < 1.29 is 9.32 Å². The summed E-state index contributed by atoms with van der Waals surface area (Å²) in [6.07, 6.45) is 3.73. The maximum absolute atomic E-state index is 12.1. The van der Waals surface area contributed by atoms with E-state index in [9.17, 15) is 4.79 Å². The quantitative estimate of drug-likeness (QED) is 0.779. The molecule has 1 aliphatic rings. The number of amides is 1. The first kappa shape index (κ1) is 20.7. The predicted octanol–water partition coefficient (Wildman–Crippen LogP) is 3.39. The lowest BCUT2D eigenvalue weighted by Crippen LogP contribution is -2.46. The van der Waals surface area contributed by atoms with Crippen LogP contribution in [0.2, 0.25) is 5.02 Å². The number of aromatic nitrogens is 2. The van der Waals surface area contributed by atoms with E-state index < -0.39 is 0 Å². The topological polar surface area (TPSA) is 80.1 Å². The number of hydrogen-bond donors (Lipinski definition) is 2. The fourth-order valence-electron chi connectivity index (χ4n) is 3.04. The van der Waals surface area contributed by atoms with Gasteiger partial charge in [0.25, 0.3) is 0 Å². The summed E-state index contributed by atoms with van der Waals surface area (Å²) >= 11 is 5.87. The van der Waals surface area contributed by atoms with Gasteiger partial charge in [-0.25, -0.2) is 0 Å². The molecule has 26 heavy (non-hydrogen) atoms. The van der Waals surface area contributed by atoms with Gasteiger partial charge in [0.2, 0.25) is 17.6 Å². The van der Waals surface area contributed by atoms with E-state index in [1.165, 1.54) is 0 Å². The first-order chi connectivity index (χ1) is 12.1. The molecule has 2 unspecified atom stereocenters. The smallest absolute Gasteiger partial charge is 0.226 e. The molecular formula is C18H24Cl2N4O2. The third-order valence-electron chi connectivity index (χ3n) is 4.35. The number of nitrogens with zero attached hydrogens (tertiary/aromatic N) is 2. The number of rotatable bonds is 6. The van der Waals surface area contributed by atoms with Gasteiger partial charge in [-0.15, -0.1) is 12.4 Å².